The minimum Gasteiger partial charge on any atom is -0.481 e. The standard InChI is InChI=1S/C17H14F3N5O2/c1-11(16(26)22-13-4-2-12(3-5-13)17(18,19)20)27-15-8-6-14(7-9-15)25-10-21-23-24-25/h2-11H,1H3,(H,22,26). The van der Waals surface area contributed by atoms with Crippen LogP contribution in [0.25, 0.3) is 5.69 Å². The Bertz CT molecular complexity index is 894. The van der Waals surface area contributed by atoms with Gasteiger partial charge in [0.25, 0.3) is 5.91 Å². The molecule has 0 aliphatic rings. The van der Waals surface area contributed by atoms with E-state index in [0.29, 0.717) is 11.4 Å². The molecule has 0 spiro atoms. The van der Waals surface area contributed by atoms with E-state index in [1.165, 1.54) is 30.1 Å². The Morgan fingerprint density at radius 1 is 1.11 bits per heavy atom. The number of aromatic nitrogens is 4. The minimum absolute atomic E-state index is 0.248. The Hall–Kier alpha value is -3.43. The average Bonchev–Trinajstić information content (AvgIpc) is 3.16. The zero-order chi connectivity index (χ0) is 19.4. The highest BCUT2D eigenvalue weighted by Crippen LogP contribution is 2.29. The van der Waals surface area contributed by atoms with E-state index in [2.05, 4.69) is 20.8 Å². The largest absolute Gasteiger partial charge is 0.481 e. The van der Waals surface area contributed by atoms with Crippen molar-refractivity contribution in [3.05, 3.63) is 60.4 Å². The molecule has 0 aliphatic carbocycles. The van der Waals surface area contributed by atoms with Crippen LogP contribution in [0, 0.1) is 0 Å². The molecule has 27 heavy (non-hydrogen) atoms. The maximum atomic E-state index is 12.6. The third-order valence-electron chi connectivity index (χ3n) is 3.61. The smallest absolute Gasteiger partial charge is 0.416 e. The van der Waals surface area contributed by atoms with E-state index >= 15 is 0 Å². The van der Waals surface area contributed by atoms with Gasteiger partial charge in [-0.05, 0) is 65.9 Å². The molecule has 0 radical (unpaired) electrons. The second-order valence-electron chi connectivity index (χ2n) is 5.57. The highest BCUT2D eigenvalue weighted by Gasteiger charge is 2.30. The quantitative estimate of drug-likeness (QED) is 0.739. The number of amides is 1. The molecule has 1 unspecified atom stereocenters. The summed E-state index contributed by atoms with van der Waals surface area (Å²) in [6.07, 6.45) is -3.84. The number of hydrogen-bond donors (Lipinski definition) is 1. The molecule has 0 bridgehead atoms. The van der Waals surface area contributed by atoms with Gasteiger partial charge in [0, 0.05) is 5.69 Å². The predicted octanol–water partition coefficient (Wildman–Crippen LogP) is 3.09. The second-order valence-corrected chi connectivity index (χ2v) is 5.57. The molecule has 1 heterocycles. The van der Waals surface area contributed by atoms with Gasteiger partial charge in [-0.25, -0.2) is 4.68 Å². The van der Waals surface area contributed by atoms with Gasteiger partial charge in [0.15, 0.2) is 6.10 Å². The van der Waals surface area contributed by atoms with Crippen molar-refractivity contribution in [3.8, 4) is 11.4 Å². The lowest BCUT2D eigenvalue weighted by atomic mass is 10.2. The molecule has 1 atom stereocenters. The molecule has 0 saturated heterocycles. The average molecular weight is 377 g/mol. The van der Waals surface area contributed by atoms with Gasteiger partial charge in [0.05, 0.1) is 11.3 Å². The number of carbonyl (C=O) groups excluding carboxylic acids is 1. The van der Waals surface area contributed by atoms with Gasteiger partial charge in [-0.2, -0.15) is 13.2 Å². The maximum absolute atomic E-state index is 12.6. The predicted molar refractivity (Wildman–Crippen MR) is 89.3 cm³/mol. The summed E-state index contributed by atoms with van der Waals surface area (Å²) in [7, 11) is 0. The number of alkyl halides is 3. The van der Waals surface area contributed by atoms with E-state index in [1.54, 1.807) is 24.3 Å². The number of hydrogen-bond acceptors (Lipinski definition) is 5. The number of nitrogens with zero attached hydrogens (tertiary/aromatic N) is 4. The monoisotopic (exact) mass is 377 g/mol. The molecule has 7 nitrogen and oxygen atoms in total. The van der Waals surface area contributed by atoms with Crippen molar-refractivity contribution in [2.75, 3.05) is 5.32 Å². The van der Waals surface area contributed by atoms with Crippen molar-refractivity contribution in [3.63, 3.8) is 0 Å². The Morgan fingerprint density at radius 3 is 2.33 bits per heavy atom. The lowest BCUT2D eigenvalue weighted by Crippen LogP contribution is -2.30. The van der Waals surface area contributed by atoms with Crippen LogP contribution in [0.2, 0.25) is 0 Å². The summed E-state index contributed by atoms with van der Waals surface area (Å²) >= 11 is 0. The number of benzene rings is 2. The number of tetrazole rings is 1. The maximum Gasteiger partial charge on any atom is 0.416 e. The molecule has 0 aliphatic heterocycles. The van der Waals surface area contributed by atoms with Crippen molar-refractivity contribution in [2.45, 2.75) is 19.2 Å². The Kier molecular flexibility index (Phi) is 5.06. The first-order chi connectivity index (χ1) is 12.8. The molecule has 1 aromatic heterocycles. The minimum atomic E-state index is -4.42. The van der Waals surface area contributed by atoms with Gasteiger partial charge in [-0.15, -0.1) is 5.10 Å². The first-order valence-electron chi connectivity index (χ1n) is 7.81. The number of halogens is 3. The van der Waals surface area contributed by atoms with Gasteiger partial charge >= 0.3 is 6.18 Å². The molecular formula is C17H14F3N5O2. The van der Waals surface area contributed by atoms with Gasteiger partial charge in [0.2, 0.25) is 0 Å². The van der Waals surface area contributed by atoms with Crippen LogP contribution in [-0.4, -0.2) is 32.2 Å². The molecule has 140 valence electrons. The molecule has 3 rings (SSSR count). The highest BCUT2D eigenvalue weighted by atomic mass is 19.4. The Morgan fingerprint density at radius 2 is 1.78 bits per heavy atom. The van der Waals surface area contributed by atoms with Crippen molar-refractivity contribution in [1.29, 1.82) is 0 Å². The van der Waals surface area contributed by atoms with Crippen LogP contribution in [0.4, 0.5) is 18.9 Å². The molecule has 0 fully saturated rings. The summed E-state index contributed by atoms with van der Waals surface area (Å²) in [5.74, 6) is -0.0406. The molecule has 3 aromatic rings. The topological polar surface area (TPSA) is 81.9 Å². The van der Waals surface area contributed by atoms with Crippen LogP contribution in [-0.2, 0) is 11.0 Å². The number of carbonyl (C=O) groups is 1. The van der Waals surface area contributed by atoms with Crippen LogP contribution >= 0.6 is 0 Å². The number of anilines is 1. The highest BCUT2D eigenvalue weighted by molar-refractivity contribution is 5.94. The summed E-state index contributed by atoms with van der Waals surface area (Å²) in [6, 6.07) is 10.9. The van der Waals surface area contributed by atoms with Crippen LogP contribution in [0.15, 0.2) is 54.9 Å². The lowest BCUT2D eigenvalue weighted by molar-refractivity contribution is -0.137. The van der Waals surface area contributed by atoms with E-state index in [9.17, 15) is 18.0 Å². The van der Waals surface area contributed by atoms with Gasteiger partial charge in [0.1, 0.15) is 12.1 Å². The van der Waals surface area contributed by atoms with Crippen molar-refractivity contribution in [2.24, 2.45) is 0 Å². The number of nitrogens with one attached hydrogen (secondary N) is 1. The van der Waals surface area contributed by atoms with Gasteiger partial charge in [-0.3, -0.25) is 4.79 Å². The number of ether oxygens (including phenoxy) is 1. The zero-order valence-electron chi connectivity index (χ0n) is 14.0. The Labute approximate surface area is 151 Å². The fraction of sp³-hybridized carbons (Fsp3) is 0.176. The molecule has 2 aromatic carbocycles. The van der Waals surface area contributed by atoms with Crippen molar-refractivity contribution in [1.82, 2.24) is 20.2 Å². The van der Waals surface area contributed by atoms with Crippen LogP contribution in [0.5, 0.6) is 5.75 Å². The number of rotatable bonds is 5. The summed E-state index contributed by atoms with van der Waals surface area (Å²) < 4.78 is 44.7. The summed E-state index contributed by atoms with van der Waals surface area (Å²) in [5.41, 5.74) is 0.180. The molecule has 0 saturated carbocycles. The van der Waals surface area contributed by atoms with E-state index in [0.717, 1.165) is 12.1 Å². The van der Waals surface area contributed by atoms with E-state index in [-0.39, 0.29) is 5.69 Å². The van der Waals surface area contributed by atoms with Crippen LogP contribution in [0.3, 0.4) is 0 Å². The fourth-order valence-corrected chi connectivity index (χ4v) is 2.20. The van der Waals surface area contributed by atoms with Gasteiger partial charge < -0.3 is 10.1 Å². The summed E-state index contributed by atoms with van der Waals surface area (Å²) in [5, 5.41) is 13.3. The second kappa shape index (κ2) is 7.44. The van der Waals surface area contributed by atoms with Crippen molar-refractivity contribution >= 4 is 11.6 Å². The Balaban J connectivity index is 1.59. The molecular weight excluding hydrogens is 363 g/mol. The third-order valence-corrected chi connectivity index (χ3v) is 3.61. The molecule has 10 heteroatoms. The van der Waals surface area contributed by atoms with Gasteiger partial charge in [-0.1, -0.05) is 0 Å². The van der Waals surface area contributed by atoms with Crippen LogP contribution in [0.1, 0.15) is 12.5 Å². The lowest BCUT2D eigenvalue weighted by Gasteiger charge is -2.15. The van der Waals surface area contributed by atoms with E-state index in [1.807, 2.05) is 0 Å². The zero-order valence-corrected chi connectivity index (χ0v) is 14.0. The summed E-state index contributed by atoms with van der Waals surface area (Å²) in [6.45, 7) is 1.54. The van der Waals surface area contributed by atoms with Crippen molar-refractivity contribution < 1.29 is 22.7 Å². The first kappa shape index (κ1) is 18.4. The molecule has 1 N–H and O–H groups in total. The third kappa shape index (κ3) is 4.60. The normalized spacial score (nSPS) is 12.4. The fourth-order valence-electron chi connectivity index (χ4n) is 2.20. The SMILES string of the molecule is CC(Oc1ccc(-n2cnnn2)cc1)C(=O)Nc1ccc(C(F)(F)F)cc1. The van der Waals surface area contributed by atoms with E-state index in [4.69, 9.17) is 4.74 Å². The molecule has 1 amide bonds. The first-order valence-corrected chi connectivity index (χ1v) is 7.81. The van der Waals surface area contributed by atoms with Crippen LogP contribution < -0.4 is 10.1 Å². The summed E-state index contributed by atoms with van der Waals surface area (Å²) in [4.78, 5) is 12.2. The van der Waals surface area contributed by atoms with E-state index < -0.39 is 23.8 Å².